The Bertz CT molecular complexity index is 1140. The number of hydrogen-bond donors (Lipinski definition) is 2. The van der Waals surface area contributed by atoms with Crippen molar-refractivity contribution in [1.29, 1.82) is 0 Å². The van der Waals surface area contributed by atoms with Crippen molar-refractivity contribution < 1.29 is 0 Å². The van der Waals surface area contributed by atoms with E-state index in [0.717, 1.165) is 64.3 Å². The van der Waals surface area contributed by atoms with Gasteiger partial charge < -0.3 is 11.1 Å². The summed E-state index contributed by atoms with van der Waals surface area (Å²) in [5.41, 5.74) is 11.9. The van der Waals surface area contributed by atoms with Crippen LogP contribution in [0, 0.1) is 23.7 Å². The number of nitrogens with two attached hydrogens (primary N) is 1. The average molecular weight is 545 g/mol. The number of nitrogens with zero attached hydrogens (tertiary/aromatic N) is 1. The van der Waals surface area contributed by atoms with Crippen molar-refractivity contribution in [2.24, 2.45) is 23.7 Å². The highest BCUT2D eigenvalue weighted by Gasteiger charge is 2.46. The Hall–Kier alpha value is -1.42. The van der Waals surface area contributed by atoms with Crippen molar-refractivity contribution in [2.45, 2.75) is 81.5 Å². The molecule has 1 aromatic rings. The Kier molecular flexibility index (Phi) is 6.94. The molecule has 1 heterocycles. The van der Waals surface area contributed by atoms with Gasteiger partial charge in [-0.25, -0.2) is 4.98 Å². The third kappa shape index (κ3) is 4.54. The highest BCUT2D eigenvalue weighted by Crippen LogP contribution is 2.56. The van der Waals surface area contributed by atoms with Gasteiger partial charge in [-0.1, -0.05) is 73.3 Å². The van der Waals surface area contributed by atoms with Crippen LogP contribution in [0.5, 0.6) is 0 Å². The van der Waals surface area contributed by atoms with Gasteiger partial charge in [-0.2, -0.15) is 0 Å². The molecule has 0 spiro atoms. The van der Waals surface area contributed by atoms with Crippen LogP contribution in [0.2, 0.25) is 5.15 Å². The maximum atomic E-state index is 7.13. The van der Waals surface area contributed by atoms with E-state index in [1.165, 1.54) is 32.1 Å². The molecule has 7 atom stereocenters. The number of aromatic nitrogens is 1. The minimum Gasteiger partial charge on any atom is -0.396 e. The molecule has 5 aliphatic carbocycles. The Labute approximate surface area is 230 Å². The predicted octanol–water partition coefficient (Wildman–Crippen LogP) is 8.71. The molecule has 3 fully saturated rings. The minimum atomic E-state index is -0.0693. The SMILES string of the molecule is CC1CC1C(C1=CCC(Cl)C=C1Cl)c1nc(Cl)c(C2C=CC=CC2)c(NC2C3CCCCC2C3)c1N. The second-order valence-corrected chi connectivity index (χ2v) is 13.0. The number of anilines is 2. The van der Waals surface area contributed by atoms with Gasteiger partial charge in [0.25, 0.3) is 0 Å². The number of nitrogen functional groups attached to an aromatic ring is 1. The van der Waals surface area contributed by atoms with E-state index in [2.05, 4.69) is 42.6 Å². The number of rotatable bonds is 6. The van der Waals surface area contributed by atoms with Crippen molar-refractivity contribution in [3.63, 3.8) is 0 Å². The van der Waals surface area contributed by atoms with Crippen LogP contribution in [-0.2, 0) is 0 Å². The maximum absolute atomic E-state index is 7.13. The largest absolute Gasteiger partial charge is 0.396 e. The van der Waals surface area contributed by atoms with E-state index < -0.39 is 0 Å². The van der Waals surface area contributed by atoms with E-state index in [1.54, 1.807) is 0 Å². The van der Waals surface area contributed by atoms with E-state index in [-0.39, 0.29) is 17.2 Å². The molecule has 0 aliphatic heterocycles. The molecular weight excluding hydrogens is 509 g/mol. The summed E-state index contributed by atoms with van der Waals surface area (Å²) in [7, 11) is 0. The number of alkyl halides is 1. The van der Waals surface area contributed by atoms with Crippen LogP contribution in [0.1, 0.15) is 81.4 Å². The highest BCUT2D eigenvalue weighted by atomic mass is 35.5. The highest BCUT2D eigenvalue weighted by molar-refractivity contribution is 6.33. The Morgan fingerprint density at radius 3 is 2.47 bits per heavy atom. The average Bonchev–Trinajstić information content (AvgIpc) is 3.65. The molecular formula is C30H36Cl3N3. The third-order valence-electron chi connectivity index (χ3n) is 9.33. The fourth-order valence-electron chi connectivity index (χ4n) is 7.14. The van der Waals surface area contributed by atoms with Crippen LogP contribution < -0.4 is 11.1 Å². The molecule has 3 saturated carbocycles. The zero-order valence-electron chi connectivity index (χ0n) is 20.9. The van der Waals surface area contributed by atoms with Crippen molar-refractivity contribution in [2.75, 3.05) is 11.1 Å². The number of nitrogens with one attached hydrogen (secondary N) is 1. The van der Waals surface area contributed by atoms with Gasteiger partial charge in [-0.3, -0.25) is 0 Å². The summed E-state index contributed by atoms with van der Waals surface area (Å²) in [4.78, 5) is 5.06. The third-order valence-corrected chi connectivity index (χ3v) is 10.3. The summed E-state index contributed by atoms with van der Waals surface area (Å²) in [6.07, 6.45) is 22.2. The standard InChI is InChI=1S/C30H36Cl3N3/c1-16-13-22(16)25(21-12-11-20(31)15-23(21)32)29-26(34)28(35-27-18-9-5-6-10-19(27)14-18)24(30(33)36-29)17-7-3-2-4-8-17/h2-4,7,12,15-20,22,25,27H,5-6,8-11,13-14,34H2,1H3,(H,35,36). The number of fused-ring (bicyclic) bond motifs is 2. The van der Waals surface area contributed by atoms with Gasteiger partial charge in [0.05, 0.1) is 22.4 Å². The van der Waals surface area contributed by atoms with Gasteiger partial charge in [0.2, 0.25) is 0 Å². The fourth-order valence-corrected chi connectivity index (χ4v) is 8.09. The monoisotopic (exact) mass is 543 g/mol. The molecule has 36 heavy (non-hydrogen) atoms. The van der Waals surface area contributed by atoms with Crippen molar-refractivity contribution in [3.8, 4) is 0 Å². The topological polar surface area (TPSA) is 50.9 Å². The summed E-state index contributed by atoms with van der Waals surface area (Å²) in [5.74, 6) is 2.71. The molecule has 0 radical (unpaired) electrons. The zero-order chi connectivity index (χ0) is 25.0. The maximum Gasteiger partial charge on any atom is 0.135 e. The smallest absolute Gasteiger partial charge is 0.135 e. The van der Waals surface area contributed by atoms with Crippen LogP contribution in [0.4, 0.5) is 11.4 Å². The summed E-state index contributed by atoms with van der Waals surface area (Å²) < 4.78 is 0. The molecule has 0 aromatic carbocycles. The van der Waals surface area contributed by atoms with E-state index >= 15 is 0 Å². The van der Waals surface area contributed by atoms with Crippen LogP contribution in [0.25, 0.3) is 0 Å². The quantitative estimate of drug-likeness (QED) is 0.278. The first-order valence-corrected chi connectivity index (χ1v) is 14.9. The predicted molar refractivity (Wildman–Crippen MR) is 153 cm³/mol. The molecule has 7 unspecified atom stereocenters. The van der Waals surface area contributed by atoms with E-state index in [9.17, 15) is 0 Å². The lowest BCUT2D eigenvalue weighted by molar-refractivity contribution is 0.167. The van der Waals surface area contributed by atoms with E-state index in [4.69, 9.17) is 45.5 Å². The first-order chi connectivity index (χ1) is 17.4. The molecule has 0 amide bonds. The Morgan fingerprint density at radius 1 is 1.08 bits per heavy atom. The lowest BCUT2D eigenvalue weighted by Crippen LogP contribution is -2.46. The van der Waals surface area contributed by atoms with E-state index in [1.807, 2.05) is 6.08 Å². The normalized spacial score (nSPS) is 35.8. The van der Waals surface area contributed by atoms with Crippen molar-refractivity contribution in [3.05, 3.63) is 63.5 Å². The van der Waals surface area contributed by atoms with E-state index in [0.29, 0.717) is 23.0 Å². The van der Waals surface area contributed by atoms with Gasteiger partial charge in [0.15, 0.2) is 0 Å². The lowest BCUT2D eigenvalue weighted by Gasteiger charge is -2.45. The Balaban J connectivity index is 1.45. The molecule has 3 N–H and O–H groups in total. The molecule has 2 bridgehead atoms. The first-order valence-electron chi connectivity index (χ1n) is 13.7. The lowest BCUT2D eigenvalue weighted by atomic mass is 9.68. The molecule has 1 aromatic heterocycles. The summed E-state index contributed by atoms with van der Waals surface area (Å²) >= 11 is 20.3. The molecule has 6 heteroatoms. The van der Waals surface area contributed by atoms with Gasteiger partial charge in [-0.15, -0.1) is 11.6 Å². The van der Waals surface area contributed by atoms with Crippen molar-refractivity contribution >= 4 is 46.2 Å². The minimum absolute atomic E-state index is 0.0329. The van der Waals surface area contributed by atoms with Gasteiger partial charge in [-0.05, 0) is 73.8 Å². The number of hydrogen-bond acceptors (Lipinski definition) is 3. The van der Waals surface area contributed by atoms with Crippen LogP contribution >= 0.6 is 34.8 Å². The fraction of sp³-hybridized carbons (Fsp3) is 0.567. The second kappa shape index (κ2) is 10.0. The number of halogens is 3. The number of allylic oxidation sites excluding steroid dienone is 8. The summed E-state index contributed by atoms with van der Waals surface area (Å²) in [6, 6.07) is 0.468. The van der Waals surface area contributed by atoms with Crippen LogP contribution in [-0.4, -0.2) is 16.4 Å². The summed E-state index contributed by atoms with van der Waals surface area (Å²) in [5, 5.41) is 5.21. The molecule has 3 nitrogen and oxygen atoms in total. The second-order valence-electron chi connectivity index (χ2n) is 11.6. The molecule has 5 aliphatic rings. The van der Waals surface area contributed by atoms with Crippen LogP contribution in [0.15, 0.2) is 47.1 Å². The zero-order valence-corrected chi connectivity index (χ0v) is 23.2. The van der Waals surface area contributed by atoms with Gasteiger partial charge in [0, 0.05) is 28.5 Å². The summed E-state index contributed by atoms with van der Waals surface area (Å²) in [6.45, 7) is 2.30. The first kappa shape index (κ1) is 24.9. The van der Waals surface area contributed by atoms with Crippen molar-refractivity contribution in [1.82, 2.24) is 4.98 Å². The van der Waals surface area contributed by atoms with Crippen LogP contribution in [0.3, 0.4) is 0 Å². The number of pyridine rings is 1. The molecule has 0 saturated heterocycles. The van der Waals surface area contributed by atoms with Gasteiger partial charge in [0.1, 0.15) is 5.15 Å². The van der Waals surface area contributed by atoms with Gasteiger partial charge >= 0.3 is 0 Å². The molecule has 192 valence electrons. The molecule has 6 rings (SSSR count). The Morgan fingerprint density at radius 2 is 1.83 bits per heavy atom.